The smallest absolute Gasteiger partial charge is 0.501 e. The first-order valence-corrected chi connectivity index (χ1v) is 6.91. The number of nitrogens with zero attached hydrogens (tertiary/aromatic N) is 1. The van der Waals surface area contributed by atoms with E-state index in [1.807, 2.05) is 0 Å². The molecule has 0 aromatic carbocycles. The lowest BCUT2D eigenvalue weighted by atomic mass is 10.3. The van der Waals surface area contributed by atoms with Gasteiger partial charge in [0.2, 0.25) is 5.76 Å². The number of carbonyl (C=O) groups excluding carboxylic acids is 1. The van der Waals surface area contributed by atoms with Gasteiger partial charge < -0.3 is 14.5 Å². The summed E-state index contributed by atoms with van der Waals surface area (Å²) in [6.45, 7) is 5.75. The number of hydrogen-bond donors (Lipinski definition) is 1. The number of aliphatic hydroxyl groups excluding tert-OH is 1. The Morgan fingerprint density at radius 1 is 1.22 bits per heavy atom. The van der Waals surface area contributed by atoms with Crippen molar-refractivity contribution in [1.29, 1.82) is 0 Å². The van der Waals surface area contributed by atoms with E-state index in [2.05, 4.69) is 9.05 Å². The molecule has 0 atom stereocenters. The maximum absolute atomic E-state index is 11.8. The van der Waals surface area contributed by atoms with Crippen molar-refractivity contribution in [2.75, 3.05) is 27.3 Å². The molecule has 1 amide bonds. The molecule has 0 radical (unpaired) electrons. The Balaban J connectivity index is 5.02. The third kappa shape index (κ3) is 4.33. The minimum Gasteiger partial charge on any atom is -0.501 e. The fourth-order valence-electron chi connectivity index (χ4n) is 1.17. The first-order valence-electron chi connectivity index (χ1n) is 5.45. The molecule has 0 fully saturated rings. The summed E-state index contributed by atoms with van der Waals surface area (Å²) in [5.74, 6) is -1.43. The highest BCUT2D eigenvalue weighted by Crippen LogP contribution is 2.49. The predicted octanol–water partition coefficient (Wildman–Crippen LogP) is 2.06. The van der Waals surface area contributed by atoms with Gasteiger partial charge in [0.25, 0.3) is 5.91 Å². The lowest BCUT2D eigenvalue weighted by Gasteiger charge is -2.20. The van der Waals surface area contributed by atoms with Gasteiger partial charge in [-0.25, -0.2) is 4.57 Å². The summed E-state index contributed by atoms with van der Waals surface area (Å²) in [5, 5.41) is 9.70. The van der Waals surface area contributed by atoms with Crippen LogP contribution >= 0.6 is 7.82 Å². The summed E-state index contributed by atoms with van der Waals surface area (Å²) in [7, 11) is -1.49. The van der Waals surface area contributed by atoms with Gasteiger partial charge in [-0.05, 0) is 20.8 Å². The van der Waals surface area contributed by atoms with Crippen molar-refractivity contribution in [3.63, 3.8) is 0 Å². The number of likely N-dealkylation sites (N-methyl/N-ethyl adjacent to an activating group) is 1. The lowest BCUT2D eigenvalue weighted by molar-refractivity contribution is -0.129. The van der Waals surface area contributed by atoms with Crippen molar-refractivity contribution >= 4 is 13.7 Å². The highest BCUT2D eigenvalue weighted by atomic mass is 31.2. The zero-order chi connectivity index (χ0) is 14.3. The Bertz CT molecular complexity index is 355. The van der Waals surface area contributed by atoms with Crippen molar-refractivity contribution in [2.45, 2.75) is 20.8 Å². The van der Waals surface area contributed by atoms with Crippen LogP contribution in [0.2, 0.25) is 0 Å². The summed E-state index contributed by atoms with van der Waals surface area (Å²) in [6.07, 6.45) is 0. The van der Waals surface area contributed by atoms with Crippen molar-refractivity contribution in [3.8, 4) is 0 Å². The average molecular weight is 281 g/mol. The Labute approximate surface area is 107 Å². The molecule has 0 bridgehead atoms. The van der Waals surface area contributed by atoms with Gasteiger partial charge in [-0.2, -0.15) is 0 Å². The maximum atomic E-state index is 11.8. The second-order valence-electron chi connectivity index (χ2n) is 3.29. The molecule has 0 aliphatic heterocycles. The van der Waals surface area contributed by atoms with Gasteiger partial charge in [0, 0.05) is 27.3 Å². The molecule has 7 nitrogen and oxygen atoms in total. The zero-order valence-corrected chi connectivity index (χ0v) is 12.2. The van der Waals surface area contributed by atoms with Crippen LogP contribution in [-0.2, 0) is 22.9 Å². The molecular formula is C10H20NO6P. The van der Waals surface area contributed by atoms with Crippen LogP contribution in [-0.4, -0.2) is 43.2 Å². The molecule has 106 valence electrons. The average Bonchev–Trinajstić information content (AvgIpc) is 2.38. The van der Waals surface area contributed by atoms with E-state index in [-0.39, 0.29) is 5.76 Å². The van der Waals surface area contributed by atoms with Crippen LogP contribution in [0.25, 0.3) is 0 Å². The quantitative estimate of drug-likeness (QED) is 0.437. The van der Waals surface area contributed by atoms with Gasteiger partial charge in [0.1, 0.15) is 0 Å². The van der Waals surface area contributed by atoms with Gasteiger partial charge in [-0.3, -0.25) is 13.8 Å². The Kier molecular flexibility index (Phi) is 6.98. The molecule has 0 saturated heterocycles. The van der Waals surface area contributed by atoms with Crippen molar-refractivity contribution < 1.29 is 28.0 Å². The second-order valence-corrected chi connectivity index (χ2v) is 5.09. The van der Waals surface area contributed by atoms with Crippen LogP contribution < -0.4 is 0 Å². The Morgan fingerprint density at radius 3 is 2.00 bits per heavy atom. The van der Waals surface area contributed by atoms with Crippen LogP contribution in [0.5, 0.6) is 0 Å². The van der Waals surface area contributed by atoms with Crippen LogP contribution in [0.4, 0.5) is 0 Å². The topological polar surface area (TPSA) is 85.3 Å². The van der Waals surface area contributed by atoms with E-state index < -0.39 is 19.5 Å². The summed E-state index contributed by atoms with van der Waals surface area (Å²) < 4.78 is 25.6. The highest BCUT2D eigenvalue weighted by Gasteiger charge is 2.28. The number of rotatable bonds is 7. The third-order valence-corrected chi connectivity index (χ3v) is 3.67. The van der Waals surface area contributed by atoms with Gasteiger partial charge >= 0.3 is 7.82 Å². The molecule has 0 aromatic rings. The van der Waals surface area contributed by atoms with Crippen LogP contribution in [0.1, 0.15) is 20.8 Å². The molecule has 18 heavy (non-hydrogen) atoms. The molecular weight excluding hydrogens is 261 g/mol. The molecule has 0 aliphatic rings. The van der Waals surface area contributed by atoms with E-state index in [4.69, 9.17) is 4.52 Å². The first kappa shape index (κ1) is 17.0. The fraction of sp³-hybridized carbons (Fsp3) is 0.700. The summed E-state index contributed by atoms with van der Waals surface area (Å²) in [5.41, 5.74) is 0. The number of carbonyl (C=O) groups is 1. The minimum atomic E-state index is -3.77. The molecule has 8 heteroatoms. The summed E-state index contributed by atoms with van der Waals surface area (Å²) >= 11 is 0. The summed E-state index contributed by atoms with van der Waals surface area (Å²) in [6, 6.07) is 0. The molecule has 0 heterocycles. The SMILES string of the molecule is CCN(CC)C(=O)/C(O)=C(\C)OP(=O)(OC)OC. The van der Waals surface area contributed by atoms with E-state index in [1.165, 1.54) is 11.8 Å². The first-order chi connectivity index (χ1) is 8.35. The Hall–Kier alpha value is -1.04. The van der Waals surface area contributed by atoms with E-state index in [1.54, 1.807) is 13.8 Å². The largest absolute Gasteiger partial charge is 0.529 e. The number of hydrogen-bond acceptors (Lipinski definition) is 6. The molecule has 0 unspecified atom stereocenters. The van der Waals surface area contributed by atoms with Crippen molar-refractivity contribution in [2.24, 2.45) is 0 Å². The number of phosphoric ester groups is 1. The van der Waals surface area contributed by atoms with E-state index in [0.717, 1.165) is 14.2 Å². The molecule has 1 N–H and O–H groups in total. The molecule has 0 aromatic heterocycles. The van der Waals surface area contributed by atoms with E-state index in [0.29, 0.717) is 13.1 Å². The summed E-state index contributed by atoms with van der Waals surface area (Å²) in [4.78, 5) is 13.2. The number of allylic oxidation sites excluding steroid dienone is 1. The van der Waals surface area contributed by atoms with Gasteiger partial charge in [0.05, 0.1) is 0 Å². The van der Waals surface area contributed by atoms with Crippen LogP contribution in [0, 0.1) is 0 Å². The molecule has 0 aliphatic carbocycles. The van der Waals surface area contributed by atoms with Crippen molar-refractivity contribution in [1.82, 2.24) is 4.90 Å². The number of aliphatic hydroxyl groups is 1. The highest BCUT2D eigenvalue weighted by molar-refractivity contribution is 7.48. The van der Waals surface area contributed by atoms with Gasteiger partial charge in [-0.15, -0.1) is 0 Å². The monoisotopic (exact) mass is 281 g/mol. The van der Waals surface area contributed by atoms with Crippen LogP contribution in [0.15, 0.2) is 11.5 Å². The molecule has 0 spiro atoms. The van der Waals surface area contributed by atoms with Crippen LogP contribution in [0.3, 0.4) is 0 Å². The Morgan fingerprint density at radius 2 is 1.67 bits per heavy atom. The zero-order valence-electron chi connectivity index (χ0n) is 11.3. The maximum Gasteiger partial charge on any atom is 0.529 e. The van der Waals surface area contributed by atoms with Gasteiger partial charge in [0.15, 0.2) is 5.76 Å². The minimum absolute atomic E-state index is 0.209. The third-order valence-electron chi connectivity index (χ3n) is 2.28. The lowest BCUT2D eigenvalue weighted by Crippen LogP contribution is -2.32. The predicted molar refractivity (Wildman–Crippen MR) is 66.0 cm³/mol. The fourth-order valence-corrected chi connectivity index (χ4v) is 1.89. The van der Waals surface area contributed by atoms with E-state index >= 15 is 0 Å². The normalized spacial score (nSPS) is 12.9. The number of phosphoric acid groups is 1. The second kappa shape index (κ2) is 7.41. The molecule has 0 rings (SSSR count). The molecule has 0 saturated carbocycles. The standard InChI is InChI=1S/C10H20NO6P/c1-6-11(7-2)10(13)9(12)8(3)17-18(14,15-4)16-5/h12H,6-7H2,1-5H3/b9-8-. The van der Waals surface area contributed by atoms with Crippen molar-refractivity contribution in [3.05, 3.63) is 11.5 Å². The number of amides is 1. The van der Waals surface area contributed by atoms with E-state index in [9.17, 15) is 14.5 Å². The van der Waals surface area contributed by atoms with Gasteiger partial charge in [-0.1, -0.05) is 0 Å².